The molecule has 0 saturated heterocycles. The van der Waals surface area contributed by atoms with Crippen molar-refractivity contribution < 1.29 is 4.79 Å². The number of benzene rings is 1. The highest BCUT2D eigenvalue weighted by Crippen LogP contribution is 2.29. The van der Waals surface area contributed by atoms with Crippen LogP contribution in [0.25, 0.3) is 4.96 Å². The van der Waals surface area contributed by atoms with Crippen molar-refractivity contribution in [3.63, 3.8) is 0 Å². The quantitative estimate of drug-likeness (QED) is 0.787. The third-order valence-electron chi connectivity index (χ3n) is 4.26. The van der Waals surface area contributed by atoms with Crippen molar-refractivity contribution in [2.75, 3.05) is 0 Å². The summed E-state index contributed by atoms with van der Waals surface area (Å²) in [4.78, 5) is 29.7. The van der Waals surface area contributed by atoms with E-state index in [2.05, 4.69) is 16.4 Å². The Morgan fingerprint density at radius 1 is 1.35 bits per heavy atom. The zero-order valence-electron chi connectivity index (χ0n) is 12.4. The van der Waals surface area contributed by atoms with Gasteiger partial charge in [0.15, 0.2) is 4.96 Å². The molecule has 1 N–H and O–H groups in total. The second-order valence-corrected chi connectivity index (χ2v) is 6.52. The average molecular weight is 325 g/mol. The normalized spacial score (nSPS) is 17.0. The zero-order valence-corrected chi connectivity index (χ0v) is 13.2. The zero-order chi connectivity index (χ0) is 15.8. The van der Waals surface area contributed by atoms with Crippen LogP contribution in [-0.2, 0) is 6.42 Å². The topological polar surface area (TPSA) is 63.5 Å². The summed E-state index contributed by atoms with van der Waals surface area (Å²) < 4.78 is 1.41. The highest BCUT2D eigenvalue weighted by molar-refractivity contribution is 7.15. The van der Waals surface area contributed by atoms with E-state index in [1.54, 1.807) is 11.6 Å². The molecular weight excluding hydrogens is 310 g/mol. The molecule has 0 radical (unpaired) electrons. The summed E-state index contributed by atoms with van der Waals surface area (Å²) in [7, 11) is 0. The molecule has 1 aliphatic carbocycles. The number of aromatic nitrogens is 2. The monoisotopic (exact) mass is 325 g/mol. The summed E-state index contributed by atoms with van der Waals surface area (Å²) in [5.41, 5.74) is 2.19. The number of amides is 1. The Morgan fingerprint density at radius 2 is 2.22 bits per heavy atom. The number of hydrogen-bond donors (Lipinski definition) is 1. The fraction of sp³-hybridized carbons (Fsp3) is 0.235. The lowest BCUT2D eigenvalue weighted by Gasteiger charge is -2.26. The first-order chi connectivity index (χ1) is 11.2. The number of rotatable bonds is 2. The van der Waals surface area contributed by atoms with Gasteiger partial charge >= 0.3 is 0 Å². The SMILES string of the molecule is O=C(NC1CCCc2ccccc21)c1cnc2sccn2c1=O. The van der Waals surface area contributed by atoms with Gasteiger partial charge in [0, 0.05) is 17.8 Å². The Labute approximate surface area is 136 Å². The van der Waals surface area contributed by atoms with Crippen molar-refractivity contribution in [1.82, 2.24) is 14.7 Å². The lowest BCUT2D eigenvalue weighted by Crippen LogP contribution is -2.35. The number of hydrogen-bond acceptors (Lipinski definition) is 4. The molecule has 116 valence electrons. The van der Waals surface area contributed by atoms with Crippen LogP contribution in [0.3, 0.4) is 0 Å². The van der Waals surface area contributed by atoms with Crippen molar-refractivity contribution in [3.8, 4) is 0 Å². The smallest absolute Gasteiger partial charge is 0.271 e. The maximum atomic E-state index is 12.5. The molecule has 0 bridgehead atoms. The minimum absolute atomic E-state index is 0.0463. The first kappa shape index (κ1) is 14.1. The largest absolute Gasteiger partial charge is 0.345 e. The summed E-state index contributed by atoms with van der Waals surface area (Å²) in [6, 6.07) is 8.10. The predicted molar refractivity (Wildman–Crippen MR) is 88.9 cm³/mol. The van der Waals surface area contributed by atoms with Gasteiger partial charge in [-0.05, 0) is 30.4 Å². The van der Waals surface area contributed by atoms with Crippen LogP contribution in [0.4, 0.5) is 0 Å². The molecule has 23 heavy (non-hydrogen) atoms. The van der Waals surface area contributed by atoms with Crippen LogP contribution in [0.1, 0.15) is 40.4 Å². The maximum absolute atomic E-state index is 12.5. The van der Waals surface area contributed by atoms with Crippen LogP contribution in [-0.4, -0.2) is 15.3 Å². The molecular formula is C17H15N3O2S. The van der Waals surface area contributed by atoms with Crippen molar-refractivity contribution in [2.45, 2.75) is 25.3 Å². The minimum atomic E-state index is -0.357. The molecule has 1 aliphatic rings. The number of aryl methyl sites for hydroxylation is 1. The molecule has 1 atom stereocenters. The van der Waals surface area contributed by atoms with E-state index < -0.39 is 0 Å². The molecule has 0 saturated carbocycles. The molecule has 0 fully saturated rings. The lowest BCUT2D eigenvalue weighted by molar-refractivity contribution is 0.0930. The molecule has 4 rings (SSSR count). The highest BCUT2D eigenvalue weighted by Gasteiger charge is 2.23. The Kier molecular flexibility index (Phi) is 3.46. The van der Waals surface area contributed by atoms with E-state index in [0.29, 0.717) is 4.96 Å². The van der Waals surface area contributed by atoms with Crippen LogP contribution < -0.4 is 10.9 Å². The third-order valence-corrected chi connectivity index (χ3v) is 5.03. The minimum Gasteiger partial charge on any atom is -0.345 e. The Balaban J connectivity index is 1.65. The molecule has 3 aromatic rings. The Bertz CT molecular complexity index is 944. The van der Waals surface area contributed by atoms with Gasteiger partial charge in [-0.1, -0.05) is 24.3 Å². The van der Waals surface area contributed by atoms with E-state index in [1.165, 1.54) is 27.5 Å². The molecule has 2 heterocycles. The van der Waals surface area contributed by atoms with Crippen LogP contribution in [0.5, 0.6) is 0 Å². The second kappa shape index (κ2) is 5.62. The molecule has 1 amide bonds. The average Bonchev–Trinajstić information content (AvgIpc) is 3.05. The molecule has 1 aromatic carbocycles. The van der Waals surface area contributed by atoms with Crippen LogP contribution >= 0.6 is 11.3 Å². The number of carbonyl (C=O) groups excluding carboxylic acids is 1. The molecule has 0 spiro atoms. The maximum Gasteiger partial charge on any atom is 0.271 e. The molecule has 1 unspecified atom stereocenters. The summed E-state index contributed by atoms with van der Waals surface area (Å²) in [5.74, 6) is -0.357. The van der Waals surface area contributed by atoms with E-state index in [4.69, 9.17) is 0 Å². The molecule has 6 heteroatoms. The van der Waals surface area contributed by atoms with E-state index in [0.717, 1.165) is 24.8 Å². The Hall–Kier alpha value is -2.47. The summed E-state index contributed by atoms with van der Waals surface area (Å²) in [6.07, 6.45) is 5.97. The van der Waals surface area contributed by atoms with Gasteiger partial charge in [-0.15, -0.1) is 11.3 Å². The van der Waals surface area contributed by atoms with Gasteiger partial charge in [-0.25, -0.2) is 4.98 Å². The summed E-state index contributed by atoms with van der Waals surface area (Å²) in [5, 5.41) is 4.78. The van der Waals surface area contributed by atoms with Gasteiger partial charge in [0.1, 0.15) is 5.56 Å². The Morgan fingerprint density at radius 3 is 3.13 bits per heavy atom. The fourth-order valence-corrected chi connectivity index (χ4v) is 3.80. The van der Waals surface area contributed by atoms with Gasteiger partial charge in [-0.2, -0.15) is 0 Å². The van der Waals surface area contributed by atoms with E-state index in [-0.39, 0.29) is 23.1 Å². The van der Waals surface area contributed by atoms with E-state index >= 15 is 0 Å². The van der Waals surface area contributed by atoms with Crippen molar-refractivity contribution in [2.24, 2.45) is 0 Å². The molecule has 0 aliphatic heterocycles. The predicted octanol–water partition coefficient (Wildman–Crippen LogP) is 2.56. The van der Waals surface area contributed by atoms with Crippen molar-refractivity contribution in [1.29, 1.82) is 0 Å². The van der Waals surface area contributed by atoms with Gasteiger partial charge in [0.2, 0.25) is 0 Å². The van der Waals surface area contributed by atoms with Crippen LogP contribution in [0, 0.1) is 0 Å². The van der Waals surface area contributed by atoms with Crippen LogP contribution in [0.15, 0.2) is 46.8 Å². The second-order valence-electron chi connectivity index (χ2n) is 5.65. The van der Waals surface area contributed by atoms with Gasteiger partial charge < -0.3 is 5.32 Å². The van der Waals surface area contributed by atoms with Crippen LogP contribution in [0.2, 0.25) is 0 Å². The standard InChI is InChI=1S/C17H15N3O2S/c21-15(13-10-18-17-20(16(13)22)8-9-23-17)19-14-7-3-5-11-4-1-2-6-12(11)14/h1-2,4,6,8-10,14H,3,5,7H2,(H,19,21). The lowest BCUT2D eigenvalue weighted by atomic mass is 9.87. The van der Waals surface area contributed by atoms with Crippen molar-refractivity contribution in [3.05, 3.63) is 69.1 Å². The number of fused-ring (bicyclic) bond motifs is 2. The number of nitrogens with zero attached hydrogens (tertiary/aromatic N) is 2. The fourth-order valence-electron chi connectivity index (χ4n) is 3.12. The summed E-state index contributed by atoms with van der Waals surface area (Å²) in [6.45, 7) is 0. The first-order valence-electron chi connectivity index (χ1n) is 7.57. The van der Waals surface area contributed by atoms with Gasteiger partial charge in [-0.3, -0.25) is 14.0 Å². The number of thiazole rings is 1. The van der Waals surface area contributed by atoms with Crippen molar-refractivity contribution >= 4 is 22.2 Å². The van der Waals surface area contributed by atoms with E-state index in [1.807, 2.05) is 18.2 Å². The van der Waals surface area contributed by atoms with E-state index in [9.17, 15) is 9.59 Å². The first-order valence-corrected chi connectivity index (χ1v) is 8.45. The number of carbonyl (C=O) groups is 1. The number of nitrogens with one attached hydrogen (secondary N) is 1. The summed E-state index contributed by atoms with van der Waals surface area (Å²) >= 11 is 1.37. The van der Waals surface area contributed by atoms with Gasteiger partial charge in [0.25, 0.3) is 11.5 Å². The van der Waals surface area contributed by atoms with Gasteiger partial charge in [0.05, 0.1) is 6.04 Å². The third kappa shape index (κ3) is 2.45. The molecule has 5 nitrogen and oxygen atoms in total. The highest BCUT2D eigenvalue weighted by atomic mass is 32.1. The molecule has 2 aromatic heterocycles.